The molecular formula is C5H9NO. The van der Waals surface area contributed by atoms with Gasteiger partial charge in [-0.15, -0.1) is 0 Å². The van der Waals surface area contributed by atoms with Gasteiger partial charge >= 0.3 is 0 Å². The summed E-state index contributed by atoms with van der Waals surface area (Å²) in [6.07, 6.45) is 1.30. The lowest BCUT2D eigenvalue weighted by atomic mass is 10.6. The molecule has 0 atom stereocenters. The topological polar surface area (TPSA) is 21.3 Å². The minimum atomic E-state index is 0.764. The maximum atomic E-state index is 4.51. The van der Waals surface area contributed by atoms with Crippen LogP contribution in [-0.2, 0) is 4.84 Å². The van der Waals surface area contributed by atoms with Gasteiger partial charge in [-0.05, 0) is 6.92 Å². The van der Waals surface area contributed by atoms with Crippen molar-refractivity contribution < 1.29 is 4.84 Å². The van der Waals surface area contributed by atoms with Crippen molar-refractivity contribution >= 4 is 0 Å². The molecule has 40 valence electrons. The van der Waals surface area contributed by atoms with E-state index in [4.69, 9.17) is 0 Å². The molecule has 0 rings (SSSR count). The fourth-order valence-electron chi connectivity index (χ4n) is 0.142. The molecule has 0 bridgehead atoms. The van der Waals surface area contributed by atoms with Crippen LogP contribution in [0.15, 0.2) is 25.1 Å². The average molecular weight is 99.1 g/mol. The van der Waals surface area contributed by atoms with E-state index in [2.05, 4.69) is 23.5 Å². The van der Waals surface area contributed by atoms with E-state index < -0.39 is 0 Å². The molecule has 0 aliphatic carbocycles. The monoisotopic (exact) mass is 99.1 g/mol. The zero-order chi connectivity index (χ0) is 5.70. The summed E-state index contributed by atoms with van der Waals surface area (Å²) in [5, 5.41) is 0. The minimum absolute atomic E-state index is 0.764. The molecule has 0 spiro atoms. The van der Waals surface area contributed by atoms with Gasteiger partial charge in [0.2, 0.25) is 0 Å². The molecule has 7 heavy (non-hydrogen) atoms. The van der Waals surface area contributed by atoms with Crippen LogP contribution < -0.4 is 5.48 Å². The van der Waals surface area contributed by atoms with Gasteiger partial charge in [-0.25, -0.2) is 5.48 Å². The Hall–Kier alpha value is -0.920. The smallest absolute Gasteiger partial charge is 0.112 e. The second-order valence-electron chi connectivity index (χ2n) is 1.17. The Bertz CT molecular complexity index is 78.1. The zero-order valence-corrected chi connectivity index (χ0v) is 4.40. The molecule has 0 aliphatic heterocycles. The Morgan fingerprint density at radius 2 is 2.43 bits per heavy atom. The maximum Gasteiger partial charge on any atom is 0.112 e. The van der Waals surface area contributed by atoms with Crippen LogP contribution in [0, 0.1) is 0 Å². The second-order valence-corrected chi connectivity index (χ2v) is 1.17. The van der Waals surface area contributed by atoms with Gasteiger partial charge in [-0.3, -0.25) is 0 Å². The second kappa shape index (κ2) is 3.28. The Labute approximate surface area is 43.4 Å². The van der Waals surface area contributed by atoms with Crippen LogP contribution in [0.4, 0.5) is 0 Å². The molecule has 0 amide bonds. The molecule has 2 nitrogen and oxygen atoms in total. The summed E-state index contributed by atoms with van der Waals surface area (Å²) in [4.78, 5) is 4.51. The molecule has 0 radical (unpaired) electrons. The lowest BCUT2D eigenvalue weighted by molar-refractivity contribution is 0.166. The van der Waals surface area contributed by atoms with E-state index in [1.54, 1.807) is 6.92 Å². The highest BCUT2D eigenvalue weighted by atomic mass is 16.6. The summed E-state index contributed by atoms with van der Waals surface area (Å²) in [6.45, 7) is 8.61. The van der Waals surface area contributed by atoms with Crippen molar-refractivity contribution in [2.75, 3.05) is 0 Å². The lowest BCUT2D eigenvalue weighted by Crippen LogP contribution is -2.05. The average Bonchev–Trinajstić information content (AvgIpc) is 1.61. The van der Waals surface area contributed by atoms with Gasteiger partial charge in [0.1, 0.15) is 6.26 Å². The quantitative estimate of drug-likeness (QED) is 0.424. The van der Waals surface area contributed by atoms with Crippen LogP contribution in [0.2, 0.25) is 0 Å². The molecule has 0 unspecified atom stereocenters. The fourth-order valence-corrected chi connectivity index (χ4v) is 0.142. The highest BCUT2D eigenvalue weighted by Crippen LogP contribution is 1.76. The molecule has 0 aromatic heterocycles. The summed E-state index contributed by atoms with van der Waals surface area (Å²) in [6, 6.07) is 0. The van der Waals surface area contributed by atoms with Crippen molar-refractivity contribution in [1.29, 1.82) is 0 Å². The summed E-state index contributed by atoms with van der Waals surface area (Å²) >= 11 is 0. The number of hydrogen-bond donors (Lipinski definition) is 1. The minimum Gasteiger partial charge on any atom is -0.391 e. The SMILES string of the molecule is C=CONC(=C)C. The number of nitrogens with one attached hydrogen (secondary N) is 1. The Balaban J connectivity index is 2.97. The van der Waals surface area contributed by atoms with Gasteiger partial charge in [0.15, 0.2) is 0 Å². The van der Waals surface area contributed by atoms with Crippen LogP contribution in [0.5, 0.6) is 0 Å². The van der Waals surface area contributed by atoms with Crippen LogP contribution in [-0.4, -0.2) is 0 Å². The van der Waals surface area contributed by atoms with E-state index in [1.165, 1.54) is 6.26 Å². The standard InChI is InChI=1S/C5H9NO/c1-4-7-6-5(2)3/h4,6H,1-2H2,3H3. The summed E-state index contributed by atoms with van der Waals surface area (Å²) in [7, 11) is 0. The van der Waals surface area contributed by atoms with Crippen molar-refractivity contribution in [3.05, 3.63) is 25.1 Å². The van der Waals surface area contributed by atoms with E-state index in [-0.39, 0.29) is 0 Å². The fraction of sp³-hybridized carbons (Fsp3) is 0.200. The van der Waals surface area contributed by atoms with E-state index in [0.717, 1.165) is 5.70 Å². The summed E-state index contributed by atoms with van der Waals surface area (Å²) < 4.78 is 0. The number of rotatable bonds is 3. The number of allylic oxidation sites excluding steroid dienone is 1. The predicted molar refractivity (Wildman–Crippen MR) is 29.2 cm³/mol. The molecule has 0 saturated carbocycles. The van der Waals surface area contributed by atoms with E-state index >= 15 is 0 Å². The first-order chi connectivity index (χ1) is 3.27. The van der Waals surface area contributed by atoms with Gasteiger partial charge in [-0.2, -0.15) is 0 Å². The first kappa shape index (κ1) is 6.08. The third-order valence-electron chi connectivity index (χ3n) is 0.316. The van der Waals surface area contributed by atoms with Crippen molar-refractivity contribution in [3.63, 3.8) is 0 Å². The highest BCUT2D eigenvalue weighted by molar-refractivity contribution is 4.79. The van der Waals surface area contributed by atoms with Crippen molar-refractivity contribution in [2.24, 2.45) is 0 Å². The lowest BCUT2D eigenvalue weighted by Gasteiger charge is -1.98. The predicted octanol–water partition coefficient (Wildman–Crippen LogP) is 1.18. The summed E-state index contributed by atoms with van der Waals surface area (Å²) in [5.74, 6) is 0. The van der Waals surface area contributed by atoms with E-state index in [9.17, 15) is 0 Å². The van der Waals surface area contributed by atoms with Crippen LogP contribution in [0.1, 0.15) is 6.92 Å². The van der Waals surface area contributed by atoms with Gasteiger partial charge < -0.3 is 4.84 Å². The normalized spacial score (nSPS) is 7.00. The van der Waals surface area contributed by atoms with E-state index in [1.807, 2.05) is 0 Å². The van der Waals surface area contributed by atoms with Crippen molar-refractivity contribution in [2.45, 2.75) is 6.92 Å². The third-order valence-corrected chi connectivity index (χ3v) is 0.316. The molecule has 0 aromatic rings. The third kappa shape index (κ3) is 5.08. The first-order valence-electron chi connectivity index (χ1n) is 1.95. The molecule has 0 saturated heterocycles. The first-order valence-corrected chi connectivity index (χ1v) is 1.95. The van der Waals surface area contributed by atoms with Gasteiger partial charge in [0.25, 0.3) is 0 Å². The highest BCUT2D eigenvalue weighted by Gasteiger charge is 1.72. The van der Waals surface area contributed by atoms with Gasteiger partial charge in [0.05, 0.1) is 0 Å². The van der Waals surface area contributed by atoms with Crippen LogP contribution >= 0.6 is 0 Å². The van der Waals surface area contributed by atoms with Crippen LogP contribution in [0.25, 0.3) is 0 Å². The maximum absolute atomic E-state index is 4.51. The number of hydroxylamine groups is 1. The van der Waals surface area contributed by atoms with Gasteiger partial charge in [-0.1, -0.05) is 13.2 Å². The van der Waals surface area contributed by atoms with Gasteiger partial charge in [0, 0.05) is 5.70 Å². The van der Waals surface area contributed by atoms with Crippen molar-refractivity contribution in [1.82, 2.24) is 5.48 Å². The largest absolute Gasteiger partial charge is 0.391 e. The van der Waals surface area contributed by atoms with E-state index in [0.29, 0.717) is 0 Å². The Morgan fingerprint density at radius 1 is 1.86 bits per heavy atom. The number of hydrogen-bond acceptors (Lipinski definition) is 2. The Morgan fingerprint density at radius 3 is 2.57 bits per heavy atom. The summed E-state index contributed by atoms with van der Waals surface area (Å²) in [5.41, 5.74) is 3.25. The van der Waals surface area contributed by atoms with Crippen LogP contribution in [0.3, 0.4) is 0 Å². The molecule has 0 aromatic carbocycles. The molecule has 0 heterocycles. The molecule has 1 N–H and O–H groups in total. The molecular weight excluding hydrogens is 90.1 g/mol. The zero-order valence-electron chi connectivity index (χ0n) is 4.40. The van der Waals surface area contributed by atoms with Crippen molar-refractivity contribution in [3.8, 4) is 0 Å². The molecule has 0 aliphatic rings. The molecule has 2 heteroatoms. The Kier molecular flexibility index (Phi) is 2.85. The molecule has 0 fully saturated rings.